The van der Waals surface area contributed by atoms with Crippen LogP contribution < -0.4 is 0 Å². The Morgan fingerprint density at radius 2 is 2.05 bits per heavy atom. The van der Waals surface area contributed by atoms with Crippen molar-refractivity contribution in [2.45, 2.75) is 57.7 Å². The van der Waals surface area contributed by atoms with E-state index in [0.717, 1.165) is 19.3 Å². The van der Waals surface area contributed by atoms with Crippen LogP contribution in [0.3, 0.4) is 0 Å². The molecule has 2 unspecified atom stereocenters. The molecular weight excluding hydrogens is 276 g/mol. The molecule has 116 valence electrons. The highest BCUT2D eigenvalue weighted by molar-refractivity contribution is 5.86. The summed E-state index contributed by atoms with van der Waals surface area (Å²) in [5, 5.41) is 1.25. The van der Waals surface area contributed by atoms with E-state index in [0.29, 0.717) is 0 Å². The van der Waals surface area contributed by atoms with Crippen LogP contribution in [0.4, 0.5) is 4.79 Å². The third-order valence-corrected chi connectivity index (χ3v) is 4.71. The highest BCUT2D eigenvalue weighted by Gasteiger charge is 2.45. The fourth-order valence-electron chi connectivity index (χ4n) is 3.95. The zero-order chi connectivity index (χ0) is 15.5. The van der Waals surface area contributed by atoms with Crippen molar-refractivity contribution in [2.75, 3.05) is 0 Å². The van der Waals surface area contributed by atoms with E-state index >= 15 is 0 Å². The molecule has 2 aromatic rings. The number of hydrogen-bond donors (Lipinski definition) is 1. The monoisotopic (exact) mass is 298 g/mol. The lowest BCUT2D eigenvalue weighted by Crippen LogP contribution is -2.44. The molecule has 4 nitrogen and oxygen atoms in total. The van der Waals surface area contributed by atoms with Crippen LogP contribution >= 0.6 is 0 Å². The number of hydrogen-bond acceptors (Lipinski definition) is 2. The zero-order valence-electron chi connectivity index (χ0n) is 13.3. The average molecular weight is 298 g/mol. The summed E-state index contributed by atoms with van der Waals surface area (Å²) in [6, 6.07) is 8.79. The molecule has 1 N–H and O–H groups in total. The second-order valence-electron chi connectivity index (χ2n) is 7.40. The number of fused-ring (bicyclic) bond motifs is 6. The van der Waals surface area contributed by atoms with Gasteiger partial charge in [0, 0.05) is 34.6 Å². The van der Waals surface area contributed by atoms with E-state index in [1.54, 1.807) is 0 Å². The van der Waals surface area contributed by atoms with Gasteiger partial charge in [-0.3, -0.25) is 4.90 Å². The molecule has 1 aromatic carbocycles. The van der Waals surface area contributed by atoms with Crippen molar-refractivity contribution in [3.8, 4) is 0 Å². The molecule has 2 atom stereocenters. The Labute approximate surface area is 130 Å². The van der Waals surface area contributed by atoms with Gasteiger partial charge in [0.2, 0.25) is 0 Å². The number of aromatic amines is 1. The van der Waals surface area contributed by atoms with Crippen molar-refractivity contribution < 1.29 is 9.53 Å². The van der Waals surface area contributed by atoms with Gasteiger partial charge in [-0.1, -0.05) is 18.2 Å². The van der Waals surface area contributed by atoms with Crippen LogP contribution in [-0.2, 0) is 11.2 Å². The highest BCUT2D eigenvalue weighted by atomic mass is 16.6. The van der Waals surface area contributed by atoms with Gasteiger partial charge in [0.15, 0.2) is 0 Å². The van der Waals surface area contributed by atoms with Crippen LogP contribution in [0.2, 0.25) is 0 Å². The van der Waals surface area contributed by atoms with Gasteiger partial charge in [0.1, 0.15) is 5.60 Å². The van der Waals surface area contributed by atoms with Crippen molar-refractivity contribution in [1.29, 1.82) is 0 Å². The Morgan fingerprint density at radius 1 is 1.27 bits per heavy atom. The normalized spacial score (nSPS) is 23.7. The second-order valence-corrected chi connectivity index (χ2v) is 7.40. The second kappa shape index (κ2) is 4.51. The first-order chi connectivity index (χ1) is 10.4. The summed E-state index contributed by atoms with van der Waals surface area (Å²) in [4.78, 5) is 18.2. The van der Waals surface area contributed by atoms with E-state index < -0.39 is 5.60 Å². The molecule has 1 aromatic heterocycles. The quantitative estimate of drug-likeness (QED) is 0.793. The fraction of sp³-hybridized carbons (Fsp3) is 0.500. The first-order valence-electron chi connectivity index (χ1n) is 8.05. The standard InChI is InChI=1S/C18H22N2O2/c1-18(2,3)22-17(21)20-11-8-9-15(20)16-12-6-4-5-7-13(12)19-14(16)10-11/h4-7,11,15,19H,8-10H2,1-3H3. The molecule has 3 heterocycles. The summed E-state index contributed by atoms with van der Waals surface area (Å²) in [6.45, 7) is 5.77. The Bertz CT molecular complexity index is 741. The van der Waals surface area contributed by atoms with Gasteiger partial charge in [-0.25, -0.2) is 4.79 Å². The molecule has 1 saturated heterocycles. The molecule has 2 aliphatic rings. The van der Waals surface area contributed by atoms with Crippen molar-refractivity contribution in [3.63, 3.8) is 0 Å². The summed E-state index contributed by atoms with van der Waals surface area (Å²) in [5.41, 5.74) is 3.32. The van der Waals surface area contributed by atoms with Gasteiger partial charge in [-0.15, -0.1) is 0 Å². The molecule has 4 rings (SSSR count). The molecule has 1 amide bonds. The Kier molecular flexibility index (Phi) is 2.80. The number of para-hydroxylation sites is 1. The number of benzene rings is 1. The fourth-order valence-corrected chi connectivity index (χ4v) is 3.95. The number of nitrogens with one attached hydrogen (secondary N) is 1. The van der Waals surface area contributed by atoms with Crippen LogP contribution in [0.1, 0.15) is 50.9 Å². The summed E-state index contributed by atoms with van der Waals surface area (Å²) >= 11 is 0. The van der Waals surface area contributed by atoms with E-state index in [-0.39, 0.29) is 18.2 Å². The van der Waals surface area contributed by atoms with Gasteiger partial charge in [-0.2, -0.15) is 0 Å². The topological polar surface area (TPSA) is 45.3 Å². The number of aromatic nitrogens is 1. The van der Waals surface area contributed by atoms with Crippen molar-refractivity contribution in [1.82, 2.24) is 9.88 Å². The third kappa shape index (κ3) is 2.01. The van der Waals surface area contributed by atoms with Crippen LogP contribution in [0.5, 0.6) is 0 Å². The first-order valence-corrected chi connectivity index (χ1v) is 8.05. The molecule has 4 heteroatoms. The lowest BCUT2D eigenvalue weighted by molar-refractivity contribution is 0.0125. The predicted molar refractivity (Wildman–Crippen MR) is 85.8 cm³/mol. The smallest absolute Gasteiger partial charge is 0.411 e. The Hall–Kier alpha value is -1.97. The summed E-state index contributed by atoms with van der Waals surface area (Å²) in [6.07, 6.45) is 2.81. The molecular formula is C18H22N2O2. The Morgan fingerprint density at radius 3 is 2.82 bits per heavy atom. The molecule has 22 heavy (non-hydrogen) atoms. The summed E-state index contributed by atoms with van der Waals surface area (Å²) < 4.78 is 5.64. The van der Waals surface area contributed by atoms with Gasteiger partial charge in [-0.05, 0) is 39.7 Å². The van der Waals surface area contributed by atoms with E-state index in [1.807, 2.05) is 31.7 Å². The van der Waals surface area contributed by atoms with E-state index in [1.165, 1.54) is 22.2 Å². The molecule has 2 aliphatic heterocycles. The predicted octanol–water partition coefficient (Wildman–Crippen LogP) is 4.16. The third-order valence-electron chi connectivity index (χ3n) is 4.71. The number of carbonyl (C=O) groups excluding carboxylic acids is 1. The lowest BCUT2D eigenvalue weighted by Gasteiger charge is -2.36. The summed E-state index contributed by atoms with van der Waals surface area (Å²) in [7, 11) is 0. The van der Waals surface area contributed by atoms with Crippen molar-refractivity contribution in [3.05, 3.63) is 35.5 Å². The number of H-pyrrole nitrogens is 1. The van der Waals surface area contributed by atoms with Gasteiger partial charge >= 0.3 is 6.09 Å². The molecule has 2 bridgehead atoms. The van der Waals surface area contributed by atoms with Gasteiger partial charge in [0.25, 0.3) is 0 Å². The average Bonchev–Trinajstić information content (AvgIpc) is 2.94. The van der Waals surface area contributed by atoms with Crippen LogP contribution in [0, 0.1) is 0 Å². The number of carbonyl (C=O) groups is 1. The minimum absolute atomic E-state index is 0.153. The molecule has 0 spiro atoms. The Balaban J connectivity index is 1.75. The lowest BCUT2D eigenvalue weighted by atomic mass is 9.97. The van der Waals surface area contributed by atoms with Crippen LogP contribution in [0.25, 0.3) is 10.9 Å². The molecule has 1 fully saturated rings. The minimum atomic E-state index is -0.447. The number of amides is 1. The maximum absolute atomic E-state index is 12.6. The van der Waals surface area contributed by atoms with Crippen LogP contribution in [0.15, 0.2) is 24.3 Å². The highest BCUT2D eigenvalue weighted by Crippen LogP contribution is 2.46. The number of rotatable bonds is 0. The maximum Gasteiger partial charge on any atom is 0.411 e. The molecule has 0 saturated carbocycles. The minimum Gasteiger partial charge on any atom is -0.444 e. The SMILES string of the molecule is CC(C)(C)OC(=O)N1C2CCC1c1c([nH]c3ccccc13)C2. The summed E-state index contributed by atoms with van der Waals surface area (Å²) in [5.74, 6) is 0. The van der Waals surface area contributed by atoms with Crippen molar-refractivity contribution >= 4 is 17.0 Å². The maximum atomic E-state index is 12.6. The largest absolute Gasteiger partial charge is 0.444 e. The van der Waals surface area contributed by atoms with E-state index in [2.05, 4.69) is 23.2 Å². The van der Waals surface area contributed by atoms with E-state index in [9.17, 15) is 4.79 Å². The van der Waals surface area contributed by atoms with Gasteiger partial charge < -0.3 is 9.72 Å². The van der Waals surface area contributed by atoms with Crippen LogP contribution in [-0.4, -0.2) is 27.6 Å². The molecule has 0 radical (unpaired) electrons. The number of nitrogens with zero attached hydrogens (tertiary/aromatic N) is 1. The molecule has 0 aliphatic carbocycles. The van der Waals surface area contributed by atoms with Crippen molar-refractivity contribution in [2.24, 2.45) is 0 Å². The zero-order valence-corrected chi connectivity index (χ0v) is 13.3. The first kappa shape index (κ1) is 13.7. The van der Waals surface area contributed by atoms with E-state index in [4.69, 9.17) is 4.74 Å². The van der Waals surface area contributed by atoms with Gasteiger partial charge in [0.05, 0.1) is 6.04 Å². The number of ether oxygens (including phenoxy) is 1.